The average Bonchev–Trinajstić information content (AvgIpc) is 3.99. The van der Waals surface area contributed by atoms with E-state index in [0.717, 1.165) is 51.7 Å². The second kappa shape index (κ2) is 11.3. The van der Waals surface area contributed by atoms with E-state index < -0.39 is 0 Å². The van der Waals surface area contributed by atoms with E-state index in [2.05, 4.69) is 165 Å². The second-order valence-corrected chi connectivity index (χ2v) is 15.5. The van der Waals surface area contributed by atoms with Gasteiger partial charge in [0.25, 0.3) is 0 Å². The zero-order valence-electron chi connectivity index (χ0n) is 30.9. The Morgan fingerprint density at radius 2 is 1.11 bits per heavy atom. The molecule has 0 fully saturated rings. The van der Waals surface area contributed by atoms with Gasteiger partial charge in [0.1, 0.15) is 0 Å². The molecule has 0 aliphatic heterocycles. The molecule has 3 aliphatic carbocycles. The molecule has 0 saturated carbocycles. The molecule has 1 unspecified atom stereocenters. The maximum Gasteiger partial charge on any atom is 0.0760 e. The van der Waals surface area contributed by atoms with Crippen LogP contribution in [-0.4, -0.2) is 24.1 Å². The molecule has 266 valence electrons. The molecular formula is C52H33N5. The Morgan fingerprint density at radius 1 is 0.474 bits per heavy atom. The third-order valence-electron chi connectivity index (χ3n) is 12.8. The molecule has 0 saturated heterocycles. The van der Waals surface area contributed by atoms with Gasteiger partial charge in [-0.05, 0) is 112 Å². The summed E-state index contributed by atoms with van der Waals surface area (Å²) in [5, 5.41) is 4.72. The molecule has 5 nitrogen and oxygen atoms in total. The maximum atomic E-state index is 5.20. The molecule has 5 heterocycles. The zero-order chi connectivity index (χ0) is 37.2. The van der Waals surface area contributed by atoms with Gasteiger partial charge < -0.3 is 9.13 Å². The largest absolute Gasteiger partial charge is 0.309 e. The summed E-state index contributed by atoms with van der Waals surface area (Å²) in [5.74, 6) is 0. The van der Waals surface area contributed by atoms with Crippen LogP contribution in [0.5, 0.6) is 0 Å². The van der Waals surface area contributed by atoms with E-state index in [1.54, 1.807) is 0 Å². The van der Waals surface area contributed by atoms with Crippen LogP contribution in [0, 0.1) is 0 Å². The quantitative estimate of drug-likeness (QED) is 0.182. The highest BCUT2D eigenvalue weighted by atomic mass is 15.0. The number of hydrogen-bond donors (Lipinski definition) is 0. The second-order valence-electron chi connectivity index (χ2n) is 15.5. The van der Waals surface area contributed by atoms with E-state index in [1.165, 1.54) is 71.9 Å². The lowest BCUT2D eigenvalue weighted by atomic mass is 9.69. The Hall–Kier alpha value is -7.37. The third kappa shape index (κ3) is 3.95. The highest BCUT2D eigenvalue weighted by molar-refractivity contribution is 6.19. The summed E-state index contributed by atoms with van der Waals surface area (Å²) in [4.78, 5) is 14.0. The minimum atomic E-state index is -0.383. The van der Waals surface area contributed by atoms with Crippen molar-refractivity contribution in [2.45, 2.75) is 18.3 Å². The van der Waals surface area contributed by atoms with Crippen molar-refractivity contribution >= 4 is 49.2 Å². The van der Waals surface area contributed by atoms with E-state index in [9.17, 15) is 0 Å². The lowest BCUT2D eigenvalue weighted by molar-refractivity contribution is 0.780. The van der Waals surface area contributed by atoms with E-state index in [-0.39, 0.29) is 5.41 Å². The molecule has 57 heavy (non-hydrogen) atoms. The molecule has 0 amide bonds. The van der Waals surface area contributed by atoms with Gasteiger partial charge in [-0.1, -0.05) is 91.0 Å². The number of fused-ring (bicyclic) bond motifs is 17. The summed E-state index contributed by atoms with van der Waals surface area (Å²) >= 11 is 0. The van der Waals surface area contributed by atoms with Gasteiger partial charge in [-0.25, -0.2) is 0 Å². The topological polar surface area (TPSA) is 48.5 Å². The number of aromatic nitrogens is 5. The number of para-hydroxylation sites is 1. The average molecular weight is 728 g/mol. The van der Waals surface area contributed by atoms with Crippen molar-refractivity contribution in [2.75, 3.05) is 0 Å². The molecular weight excluding hydrogens is 695 g/mol. The van der Waals surface area contributed by atoms with Crippen molar-refractivity contribution in [3.63, 3.8) is 0 Å². The fourth-order valence-electron chi connectivity index (χ4n) is 10.6. The molecule has 5 aromatic carbocycles. The smallest absolute Gasteiger partial charge is 0.0760 e. The van der Waals surface area contributed by atoms with Crippen LogP contribution in [-0.2, 0) is 5.41 Å². The summed E-state index contributed by atoms with van der Waals surface area (Å²) in [6, 6.07) is 49.2. The Balaban J connectivity index is 0.958. The Labute approximate surface area is 328 Å². The summed E-state index contributed by atoms with van der Waals surface area (Å²) in [6.07, 6.45) is 16.6. The van der Waals surface area contributed by atoms with Crippen molar-refractivity contribution in [3.05, 3.63) is 204 Å². The van der Waals surface area contributed by atoms with Gasteiger partial charge in [0, 0.05) is 69.5 Å². The maximum absolute atomic E-state index is 5.20. The molecule has 13 rings (SSSR count). The number of hydrogen-bond acceptors (Lipinski definition) is 3. The predicted molar refractivity (Wildman–Crippen MR) is 231 cm³/mol. The fraction of sp³-hybridized carbons (Fsp3) is 0.0577. The normalized spacial score (nSPS) is 16.6. The third-order valence-corrected chi connectivity index (χ3v) is 12.8. The molecule has 1 spiro atoms. The standard InChI is InChI=1S/C52H33N5/c1-4-11-41-36(8-1)37-9-2-5-12-42(37)52(41)43-23-24-48-49(50(43)51-44(52)13-7-27-55-51)38-10-3-6-14-45(38)57(48)35-21-17-33(18-22-35)32-15-19-34(20-16-32)56-46-25-28-53-30-39(46)40-31-54-29-26-47(40)56/h1,3-4,6-31H,2,5H2. The van der Waals surface area contributed by atoms with Crippen molar-refractivity contribution in [1.82, 2.24) is 24.1 Å². The molecule has 0 N–H and O–H groups in total. The van der Waals surface area contributed by atoms with Gasteiger partial charge in [0.2, 0.25) is 0 Å². The highest BCUT2D eigenvalue weighted by Crippen LogP contribution is 2.65. The number of benzene rings is 5. The van der Waals surface area contributed by atoms with Crippen LogP contribution in [0.2, 0.25) is 0 Å². The zero-order valence-corrected chi connectivity index (χ0v) is 30.9. The van der Waals surface area contributed by atoms with E-state index >= 15 is 0 Å². The highest BCUT2D eigenvalue weighted by Gasteiger charge is 2.54. The first-order valence-corrected chi connectivity index (χ1v) is 19.7. The number of nitrogens with zero attached hydrogens (tertiary/aromatic N) is 5. The lowest BCUT2D eigenvalue weighted by Crippen LogP contribution is -2.26. The van der Waals surface area contributed by atoms with Crippen molar-refractivity contribution in [2.24, 2.45) is 0 Å². The summed E-state index contributed by atoms with van der Waals surface area (Å²) < 4.78 is 4.73. The van der Waals surface area contributed by atoms with Crippen LogP contribution in [0.4, 0.5) is 0 Å². The minimum Gasteiger partial charge on any atom is -0.309 e. The molecule has 1 atom stereocenters. The van der Waals surface area contributed by atoms with Crippen LogP contribution in [0.15, 0.2) is 182 Å². The number of allylic oxidation sites excluding steroid dienone is 4. The molecule has 3 aliphatic rings. The van der Waals surface area contributed by atoms with Gasteiger partial charge in [-0.3, -0.25) is 15.0 Å². The van der Waals surface area contributed by atoms with Crippen LogP contribution >= 0.6 is 0 Å². The van der Waals surface area contributed by atoms with Crippen molar-refractivity contribution in [1.29, 1.82) is 0 Å². The summed E-state index contributed by atoms with van der Waals surface area (Å²) in [6.45, 7) is 0. The molecule has 0 bridgehead atoms. The number of rotatable bonds is 3. The van der Waals surface area contributed by atoms with Gasteiger partial charge in [0.15, 0.2) is 0 Å². The van der Waals surface area contributed by atoms with E-state index in [0.29, 0.717) is 0 Å². The molecule has 10 aromatic rings. The van der Waals surface area contributed by atoms with Gasteiger partial charge >= 0.3 is 0 Å². The predicted octanol–water partition coefficient (Wildman–Crippen LogP) is 12.2. The van der Waals surface area contributed by atoms with Crippen LogP contribution in [0.1, 0.15) is 35.1 Å². The Bertz CT molecular complexity index is 3340. The van der Waals surface area contributed by atoms with Gasteiger partial charge in [-0.2, -0.15) is 0 Å². The van der Waals surface area contributed by atoms with Gasteiger partial charge in [-0.15, -0.1) is 0 Å². The minimum absolute atomic E-state index is 0.383. The first kappa shape index (κ1) is 30.9. The van der Waals surface area contributed by atoms with Crippen LogP contribution in [0.3, 0.4) is 0 Å². The SMILES string of the molecule is C1=C2C(=CCC1)C1(c3ccccc32)c2cccnc2-c2c1ccc1c2c2ccccc2n1-c1ccc(-c2ccc(-n3c4ccncc4c4cnccc43)cc2)cc1. The molecule has 5 aromatic heterocycles. The Kier molecular flexibility index (Phi) is 6.15. The fourth-order valence-corrected chi connectivity index (χ4v) is 10.6. The summed E-state index contributed by atoms with van der Waals surface area (Å²) in [7, 11) is 0. The molecule has 0 radical (unpaired) electrons. The lowest BCUT2D eigenvalue weighted by Gasteiger charge is -2.31. The van der Waals surface area contributed by atoms with E-state index in [4.69, 9.17) is 4.98 Å². The number of pyridine rings is 3. The van der Waals surface area contributed by atoms with Crippen LogP contribution in [0.25, 0.3) is 82.9 Å². The summed E-state index contributed by atoms with van der Waals surface area (Å²) in [5.41, 5.74) is 19.3. The first-order valence-electron chi connectivity index (χ1n) is 19.7. The van der Waals surface area contributed by atoms with Gasteiger partial charge in [0.05, 0.1) is 33.2 Å². The van der Waals surface area contributed by atoms with E-state index in [1.807, 2.05) is 31.0 Å². The van der Waals surface area contributed by atoms with Crippen LogP contribution < -0.4 is 0 Å². The van der Waals surface area contributed by atoms with Crippen molar-refractivity contribution in [3.8, 4) is 33.8 Å². The Morgan fingerprint density at radius 3 is 1.86 bits per heavy atom. The van der Waals surface area contributed by atoms with Crippen molar-refractivity contribution < 1.29 is 0 Å². The monoisotopic (exact) mass is 727 g/mol. The molecule has 5 heteroatoms. The first-order chi connectivity index (χ1) is 28.3.